The van der Waals surface area contributed by atoms with Crippen LogP contribution in [0.25, 0.3) is 0 Å². The number of rotatable bonds is 4. The normalized spacial score (nSPS) is 23.1. The van der Waals surface area contributed by atoms with Crippen LogP contribution in [0, 0.1) is 0 Å². The van der Waals surface area contributed by atoms with Crippen molar-refractivity contribution in [3.63, 3.8) is 0 Å². The number of amides is 1. The first kappa shape index (κ1) is 12.7. The highest BCUT2D eigenvalue weighted by Gasteiger charge is 2.20. The van der Waals surface area contributed by atoms with Gasteiger partial charge in [-0.2, -0.15) is 23.5 Å². The van der Waals surface area contributed by atoms with Gasteiger partial charge in [0, 0.05) is 28.9 Å². The number of carboxylic acid groups (broad SMARTS) is 1. The molecule has 0 saturated carbocycles. The van der Waals surface area contributed by atoms with Gasteiger partial charge in [0.1, 0.15) is 6.04 Å². The number of carbonyl (C=O) groups is 2. The van der Waals surface area contributed by atoms with E-state index in [1.165, 1.54) is 6.92 Å². The van der Waals surface area contributed by atoms with Crippen molar-refractivity contribution in [2.24, 2.45) is 0 Å². The lowest BCUT2D eigenvalue weighted by atomic mass is 10.2. The monoisotopic (exact) mass is 249 g/mol. The van der Waals surface area contributed by atoms with E-state index in [2.05, 4.69) is 5.32 Å². The van der Waals surface area contributed by atoms with E-state index in [1.807, 2.05) is 11.8 Å². The summed E-state index contributed by atoms with van der Waals surface area (Å²) in [6.45, 7) is 1.48. The molecule has 0 aromatic heterocycles. The lowest BCUT2D eigenvalue weighted by Gasteiger charge is -2.20. The third-order valence-corrected chi connectivity index (χ3v) is 4.89. The summed E-state index contributed by atoms with van der Waals surface area (Å²) in [6, 6.07) is -0.793. The van der Waals surface area contributed by atoms with E-state index in [1.54, 1.807) is 11.8 Å². The molecule has 1 saturated heterocycles. The molecule has 0 aliphatic carbocycles. The number of nitrogens with one attached hydrogen (secondary N) is 1. The predicted octanol–water partition coefficient (Wildman–Crippen LogP) is 0.814. The minimum atomic E-state index is -0.992. The highest BCUT2D eigenvalue weighted by atomic mass is 32.2. The number of hydrogen-bond donors (Lipinski definition) is 2. The van der Waals surface area contributed by atoms with Crippen molar-refractivity contribution in [3.8, 4) is 0 Å². The molecule has 2 atom stereocenters. The number of thioether (sulfide) groups is 2. The van der Waals surface area contributed by atoms with Crippen molar-refractivity contribution in [1.29, 1.82) is 0 Å². The van der Waals surface area contributed by atoms with E-state index >= 15 is 0 Å². The molecule has 1 aliphatic heterocycles. The third kappa shape index (κ3) is 4.79. The zero-order valence-corrected chi connectivity index (χ0v) is 10.2. The van der Waals surface area contributed by atoms with E-state index in [-0.39, 0.29) is 5.91 Å². The average Bonchev–Trinajstić information content (AvgIpc) is 2.18. The van der Waals surface area contributed by atoms with Crippen molar-refractivity contribution >= 4 is 35.4 Å². The quantitative estimate of drug-likeness (QED) is 0.772. The van der Waals surface area contributed by atoms with E-state index in [0.29, 0.717) is 11.7 Å². The Labute approximate surface area is 97.6 Å². The summed E-state index contributed by atoms with van der Waals surface area (Å²) in [5, 5.41) is 11.4. The van der Waals surface area contributed by atoms with Crippen LogP contribution in [-0.4, -0.2) is 45.5 Å². The van der Waals surface area contributed by atoms with Crippen LogP contribution in [0.3, 0.4) is 0 Å². The summed E-state index contributed by atoms with van der Waals surface area (Å²) < 4.78 is 0. The second kappa shape index (κ2) is 6.27. The number of aliphatic carboxylic acids is 1. The predicted molar refractivity (Wildman–Crippen MR) is 63.4 cm³/mol. The fourth-order valence-electron chi connectivity index (χ4n) is 1.22. The van der Waals surface area contributed by atoms with Crippen LogP contribution in [0.5, 0.6) is 0 Å². The molecule has 0 aromatic rings. The fraction of sp³-hybridized carbons (Fsp3) is 0.778. The number of carboxylic acids is 1. The highest BCUT2D eigenvalue weighted by Crippen LogP contribution is 2.26. The van der Waals surface area contributed by atoms with Crippen LogP contribution in [-0.2, 0) is 9.59 Å². The molecule has 15 heavy (non-hydrogen) atoms. The Morgan fingerprint density at radius 2 is 2.27 bits per heavy atom. The van der Waals surface area contributed by atoms with Gasteiger partial charge < -0.3 is 10.4 Å². The minimum Gasteiger partial charge on any atom is -0.480 e. The molecular weight excluding hydrogens is 234 g/mol. The third-order valence-electron chi connectivity index (χ3n) is 2.05. The van der Waals surface area contributed by atoms with Crippen LogP contribution in [0.2, 0.25) is 0 Å². The molecule has 1 amide bonds. The second-order valence-electron chi connectivity index (χ2n) is 3.40. The maximum absolute atomic E-state index is 11.4. The fourth-order valence-corrected chi connectivity index (χ4v) is 3.90. The summed E-state index contributed by atoms with van der Waals surface area (Å²) in [6.07, 6.45) is 0.426. The average molecular weight is 249 g/mol. The van der Waals surface area contributed by atoms with Crippen LogP contribution < -0.4 is 5.32 Å². The van der Waals surface area contributed by atoms with Crippen molar-refractivity contribution < 1.29 is 14.7 Å². The van der Waals surface area contributed by atoms with Gasteiger partial charge in [0.05, 0.1) is 0 Å². The first-order chi connectivity index (χ1) is 7.09. The second-order valence-corrected chi connectivity index (χ2v) is 5.96. The Hall–Kier alpha value is -0.360. The molecule has 1 fully saturated rings. The maximum atomic E-state index is 11.4. The summed E-state index contributed by atoms with van der Waals surface area (Å²) >= 11 is 3.65. The Balaban J connectivity index is 2.25. The minimum absolute atomic E-state index is 0.162. The lowest BCUT2D eigenvalue weighted by Crippen LogP contribution is -2.39. The zero-order chi connectivity index (χ0) is 11.3. The van der Waals surface area contributed by atoms with Gasteiger partial charge in [0.25, 0.3) is 0 Å². The molecule has 4 nitrogen and oxygen atoms in total. The van der Waals surface area contributed by atoms with E-state index in [9.17, 15) is 9.59 Å². The summed E-state index contributed by atoms with van der Waals surface area (Å²) in [5.41, 5.74) is 0. The van der Waals surface area contributed by atoms with Gasteiger partial charge >= 0.3 is 5.97 Å². The van der Waals surface area contributed by atoms with E-state index in [4.69, 9.17) is 5.11 Å². The summed E-state index contributed by atoms with van der Waals surface area (Å²) in [4.78, 5) is 21.9. The van der Waals surface area contributed by atoms with Crippen LogP contribution >= 0.6 is 23.5 Å². The molecule has 1 aliphatic rings. The van der Waals surface area contributed by atoms with Crippen LogP contribution in [0.1, 0.15) is 13.3 Å². The standard InChI is InChI=1S/C9H15NO3S2/c1-6(9(12)13)10-8(11)4-7-5-14-2-3-15-7/h6-7H,2-5H2,1H3,(H,10,11)(H,12,13)/t6-,7?/m1/s1. The van der Waals surface area contributed by atoms with Crippen molar-refractivity contribution in [2.45, 2.75) is 24.6 Å². The van der Waals surface area contributed by atoms with Crippen molar-refractivity contribution in [1.82, 2.24) is 5.32 Å². The van der Waals surface area contributed by atoms with Gasteiger partial charge in [-0.3, -0.25) is 9.59 Å². The number of hydrogen-bond acceptors (Lipinski definition) is 4. The zero-order valence-electron chi connectivity index (χ0n) is 8.56. The van der Waals surface area contributed by atoms with Crippen molar-refractivity contribution in [3.05, 3.63) is 0 Å². The smallest absolute Gasteiger partial charge is 0.325 e. The lowest BCUT2D eigenvalue weighted by molar-refractivity contribution is -0.141. The van der Waals surface area contributed by atoms with Gasteiger partial charge in [-0.05, 0) is 6.92 Å². The molecule has 6 heteroatoms. The number of carbonyl (C=O) groups excluding carboxylic acids is 1. The highest BCUT2D eigenvalue weighted by molar-refractivity contribution is 8.06. The topological polar surface area (TPSA) is 66.4 Å². The van der Waals surface area contributed by atoms with Gasteiger partial charge in [-0.25, -0.2) is 0 Å². The van der Waals surface area contributed by atoms with E-state index < -0.39 is 12.0 Å². The molecular formula is C9H15NO3S2. The molecule has 2 N–H and O–H groups in total. The Bertz CT molecular complexity index is 242. The maximum Gasteiger partial charge on any atom is 0.325 e. The Morgan fingerprint density at radius 3 is 2.80 bits per heavy atom. The van der Waals surface area contributed by atoms with Crippen LogP contribution in [0.15, 0.2) is 0 Å². The van der Waals surface area contributed by atoms with Gasteiger partial charge in [-0.15, -0.1) is 0 Å². The van der Waals surface area contributed by atoms with Gasteiger partial charge in [0.15, 0.2) is 0 Å². The van der Waals surface area contributed by atoms with Gasteiger partial charge in [-0.1, -0.05) is 0 Å². The first-order valence-corrected chi connectivity index (χ1v) is 7.01. The molecule has 1 heterocycles. The molecule has 1 rings (SSSR count). The Kier molecular flexibility index (Phi) is 5.31. The molecule has 1 unspecified atom stereocenters. The van der Waals surface area contributed by atoms with Gasteiger partial charge in [0.2, 0.25) is 5.91 Å². The SMILES string of the molecule is C[C@@H](NC(=O)CC1CSCCS1)C(=O)O. The summed E-state index contributed by atoms with van der Waals surface area (Å²) in [7, 11) is 0. The molecule has 0 radical (unpaired) electrons. The molecule has 86 valence electrons. The summed E-state index contributed by atoms with van der Waals surface area (Å²) in [5.74, 6) is 2.06. The Morgan fingerprint density at radius 1 is 1.53 bits per heavy atom. The molecule has 0 spiro atoms. The largest absolute Gasteiger partial charge is 0.480 e. The van der Waals surface area contributed by atoms with Crippen molar-refractivity contribution in [2.75, 3.05) is 17.3 Å². The molecule has 0 bridgehead atoms. The van der Waals surface area contributed by atoms with E-state index in [0.717, 1.165) is 17.3 Å². The first-order valence-electron chi connectivity index (χ1n) is 4.81. The molecule has 0 aromatic carbocycles. The van der Waals surface area contributed by atoms with Crippen LogP contribution in [0.4, 0.5) is 0 Å².